The number of nitrogens with zero attached hydrogens (tertiary/aromatic N) is 1. The van der Waals surface area contributed by atoms with Gasteiger partial charge in [0.15, 0.2) is 0 Å². The first-order chi connectivity index (χ1) is 13.5. The third-order valence-electron chi connectivity index (χ3n) is 5.33. The SMILES string of the molecule is CC1=CC[C@H]2C(=O)N(c3ccc(C(=O)Nc4ccccc4Cl)cc3)C(=O)[C@H]2C1. The summed E-state index contributed by atoms with van der Waals surface area (Å²) in [6, 6.07) is 13.5. The topological polar surface area (TPSA) is 66.5 Å². The molecule has 1 saturated heterocycles. The highest BCUT2D eigenvalue weighted by molar-refractivity contribution is 6.33. The Labute approximate surface area is 168 Å². The van der Waals surface area contributed by atoms with Crippen molar-refractivity contribution in [3.05, 3.63) is 70.8 Å². The van der Waals surface area contributed by atoms with Crippen molar-refractivity contribution in [2.24, 2.45) is 11.8 Å². The third-order valence-corrected chi connectivity index (χ3v) is 5.66. The Morgan fingerprint density at radius 1 is 1.04 bits per heavy atom. The first-order valence-electron chi connectivity index (χ1n) is 9.15. The van der Waals surface area contributed by atoms with Crippen molar-refractivity contribution in [1.82, 2.24) is 0 Å². The van der Waals surface area contributed by atoms with Crippen molar-refractivity contribution in [2.75, 3.05) is 10.2 Å². The van der Waals surface area contributed by atoms with Gasteiger partial charge in [0, 0.05) is 5.56 Å². The van der Waals surface area contributed by atoms with Crippen LogP contribution in [0, 0.1) is 11.8 Å². The quantitative estimate of drug-likeness (QED) is 0.618. The molecule has 2 aromatic carbocycles. The molecule has 6 heteroatoms. The van der Waals surface area contributed by atoms with E-state index in [1.807, 2.05) is 13.0 Å². The summed E-state index contributed by atoms with van der Waals surface area (Å²) in [5.41, 5.74) is 2.58. The van der Waals surface area contributed by atoms with E-state index < -0.39 is 0 Å². The van der Waals surface area contributed by atoms with Gasteiger partial charge < -0.3 is 5.32 Å². The molecule has 4 rings (SSSR count). The maximum absolute atomic E-state index is 12.8. The van der Waals surface area contributed by atoms with Gasteiger partial charge in [0.2, 0.25) is 11.8 Å². The molecule has 0 saturated carbocycles. The molecule has 142 valence electrons. The fourth-order valence-corrected chi connectivity index (χ4v) is 3.99. The maximum atomic E-state index is 12.8. The highest BCUT2D eigenvalue weighted by atomic mass is 35.5. The number of anilines is 2. The number of benzene rings is 2. The van der Waals surface area contributed by atoms with E-state index in [1.165, 1.54) is 4.90 Å². The van der Waals surface area contributed by atoms with Crippen LogP contribution >= 0.6 is 11.6 Å². The van der Waals surface area contributed by atoms with Crippen LogP contribution in [0.4, 0.5) is 11.4 Å². The Hall–Kier alpha value is -2.92. The number of imide groups is 1. The highest BCUT2D eigenvalue weighted by Crippen LogP contribution is 2.39. The zero-order chi connectivity index (χ0) is 19.8. The van der Waals surface area contributed by atoms with Crippen LogP contribution in [0.3, 0.4) is 0 Å². The minimum absolute atomic E-state index is 0.157. The molecule has 1 aliphatic heterocycles. The van der Waals surface area contributed by atoms with E-state index in [-0.39, 0.29) is 29.6 Å². The minimum atomic E-state index is -0.313. The lowest BCUT2D eigenvalue weighted by molar-refractivity contribution is -0.122. The normalized spacial score (nSPS) is 21.4. The van der Waals surface area contributed by atoms with Gasteiger partial charge in [-0.1, -0.05) is 35.4 Å². The summed E-state index contributed by atoms with van der Waals surface area (Å²) in [7, 11) is 0. The molecule has 0 aromatic heterocycles. The van der Waals surface area contributed by atoms with Crippen LogP contribution < -0.4 is 10.2 Å². The van der Waals surface area contributed by atoms with Crippen molar-refractivity contribution in [1.29, 1.82) is 0 Å². The highest BCUT2D eigenvalue weighted by Gasteiger charge is 2.48. The Kier molecular flexibility index (Phi) is 4.77. The average molecular weight is 395 g/mol. The van der Waals surface area contributed by atoms with E-state index in [1.54, 1.807) is 48.5 Å². The van der Waals surface area contributed by atoms with E-state index in [0.29, 0.717) is 34.8 Å². The summed E-state index contributed by atoms with van der Waals surface area (Å²) in [6.45, 7) is 1.99. The smallest absolute Gasteiger partial charge is 0.255 e. The molecule has 3 amide bonds. The first kappa shape index (κ1) is 18.4. The fraction of sp³-hybridized carbons (Fsp3) is 0.227. The lowest BCUT2D eigenvalue weighted by Gasteiger charge is -2.18. The number of hydrogen-bond donors (Lipinski definition) is 1. The molecule has 1 heterocycles. The molecule has 28 heavy (non-hydrogen) atoms. The predicted octanol–water partition coefficient (Wildman–Crippen LogP) is 4.44. The van der Waals surface area contributed by atoms with Gasteiger partial charge in [-0.05, 0) is 56.2 Å². The van der Waals surface area contributed by atoms with E-state index in [4.69, 9.17) is 11.6 Å². The molecule has 2 aromatic rings. The van der Waals surface area contributed by atoms with Crippen LogP contribution in [0.15, 0.2) is 60.2 Å². The van der Waals surface area contributed by atoms with Crippen LogP contribution in [0.2, 0.25) is 5.02 Å². The molecule has 0 unspecified atom stereocenters. The third kappa shape index (κ3) is 3.22. The Morgan fingerprint density at radius 3 is 2.43 bits per heavy atom. The van der Waals surface area contributed by atoms with Gasteiger partial charge in [0.1, 0.15) is 0 Å². The lowest BCUT2D eigenvalue weighted by atomic mass is 9.82. The van der Waals surface area contributed by atoms with Gasteiger partial charge in [-0.3, -0.25) is 19.3 Å². The summed E-state index contributed by atoms with van der Waals surface area (Å²) in [6.07, 6.45) is 3.28. The van der Waals surface area contributed by atoms with E-state index in [2.05, 4.69) is 5.32 Å². The molecule has 0 bridgehead atoms. The maximum Gasteiger partial charge on any atom is 0.255 e. The van der Waals surface area contributed by atoms with Crippen molar-refractivity contribution in [3.63, 3.8) is 0 Å². The molecule has 2 atom stereocenters. The number of rotatable bonds is 3. The minimum Gasteiger partial charge on any atom is -0.321 e. The van der Waals surface area contributed by atoms with Crippen molar-refractivity contribution < 1.29 is 14.4 Å². The van der Waals surface area contributed by atoms with Gasteiger partial charge in [-0.15, -0.1) is 0 Å². The molecule has 0 radical (unpaired) electrons. The van der Waals surface area contributed by atoms with Crippen LogP contribution in [-0.2, 0) is 9.59 Å². The number of fused-ring (bicyclic) bond motifs is 1. The van der Waals surface area contributed by atoms with Gasteiger partial charge >= 0.3 is 0 Å². The van der Waals surface area contributed by atoms with E-state index in [9.17, 15) is 14.4 Å². The fourth-order valence-electron chi connectivity index (χ4n) is 3.81. The summed E-state index contributed by atoms with van der Waals surface area (Å²) >= 11 is 6.07. The summed E-state index contributed by atoms with van der Waals surface area (Å²) in [5, 5.41) is 3.20. The molecule has 1 N–H and O–H groups in total. The predicted molar refractivity (Wildman–Crippen MR) is 108 cm³/mol. The van der Waals surface area contributed by atoms with E-state index >= 15 is 0 Å². The van der Waals surface area contributed by atoms with E-state index in [0.717, 1.165) is 5.57 Å². The van der Waals surface area contributed by atoms with Gasteiger partial charge in [-0.25, -0.2) is 0 Å². The number of halogens is 1. The number of hydrogen-bond acceptors (Lipinski definition) is 3. The zero-order valence-corrected chi connectivity index (χ0v) is 16.1. The second-order valence-corrected chi connectivity index (χ2v) is 7.60. The first-order valence-corrected chi connectivity index (χ1v) is 9.53. The van der Waals surface area contributed by atoms with Crippen LogP contribution in [0.25, 0.3) is 0 Å². The largest absolute Gasteiger partial charge is 0.321 e. The van der Waals surface area contributed by atoms with Gasteiger partial charge in [-0.2, -0.15) is 0 Å². The summed E-state index contributed by atoms with van der Waals surface area (Å²) in [5.74, 6) is -1.19. The van der Waals surface area contributed by atoms with Crippen LogP contribution in [-0.4, -0.2) is 17.7 Å². The average Bonchev–Trinajstić information content (AvgIpc) is 2.93. The summed E-state index contributed by atoms with van der Waals surface area (Å²) in [4.78, 5) is 39.2. The van der Waals surface area contributed by atoms with Crippen molar-refractivity contribution >= 4 is 40.7 Å². The number of para-hydroxylation sites is 1. The van der Waals surface area contributed by atoms with Crippen LogP contribution in [0.5, 0.6) is 0 Å². The molecule has 2 aliphatic rings. The monoisotopic (exact) mass is 394 g/mol. The lowest BCUT2D eigenvalue weighted by Crippen LogP contribution is -2.30. The number of amides is 3. The number of nitrogens with one attached hydrogen (secondary N) is 1. The number of carbonyl (C=O) groups is 3. The molecule has 1 aliphatic carbocycles. The van der Waals surface area contributed by atoms with Gasteiger partial charge in [0.25, 0.3) is 5.91 Å². The zero-order valence-electron chi connectivity index (χ0n) is 15.3. The Morgan fingerprint density at radius 2 is 1.71 bits per heavy atom. The van der Waals surface area contributed by atoms with Crippen LogP contribution in [0.1, 0.15) is 30.1 Å². The second kappa shape index (κ2) is 7.24. The van der Waals surface area contributed by atoms with Gasteiger partial charge in [0.05, 0.1) is 28.2 Å². The molecular weight excluding hydrogens is 376 g/mol. The second-order valence-electron chi connectivity index (χ2n) is 7.20. The molecule has 5 nitrogen and oxygen atoms in total. The number of carbonyl (C=O) groups excluding carboxylic acids is 3. The number of allylic oxidation sites excluding steroid dienone is 2. The molecule has 1 fully saturated rings. The summed E-state index contributed by atoms with van der Waals surface area (Å²) < 4.78 is 0. The molecular formula is C22H19ClN2O3. The van der Waals surface area contributed by atoms with Crippen molar-refractivity contribution in [3.8, 4) is 0 Å². The Balaban J connectivity index is 1.52. The standard InChI is InChI=1S/C22H19ClN2O3/c1-13-6-11-16-17(12-13)22(28)25(21(16)27)15-9-7-14(8-10-15)20(26)24-19-5-3-2-4-18(19)23/h2-10,16-17H,11-12H2,1H3,(H,24,26)/t16-,17+/m1/s1. The van der Waals surface area contributed by atoms with Crippen molar-refractivity contribution in [2.45, 2.75) is 19.8 Å². The molecule has 0 spiro atoms. The Bertz CT molecular complexity index is 997.